The number of esters is 2. The van der Waals surface area contributed by atoms with Gasteiger partial charge in [-0.3, -0.25) is 4.79 Å². The molecule has 0 spiro atoms. The molecule has 1 rings (SSSR count). The summed E-state index contributed by atoms with van der Waals surface area (Å²) in [6.45, 7) is 5.88. The minimum absolute atomic E-state index is 0.0667. The molecule has 5 heteroatoms. The number of carbonyl (C=O) groups excluding carboxylic acids is 2. The fraction of sp³-hybridized carbons (Fsp3) is 0.692. The van der Waals surface area contributed by atoms with E-state index in [1.807, 2.05) is 0 Å². The van der Waals surface area contributed by atoms with E-state index in [4.69, 9.17) is 4.74 Å². The van der Waals surface area contributed by atoms with Crippen LogP contribution >= 0.6 is 0 Å². The van der Waals surface area contributed by atoms with Gasteiger partial charge in [0.25, 0.3) is 0 Å². The van der Waals surface area contributed by atoms with Crippen molar-refractivity contribution >= 4 is 11.9 Å². The van der Waals surface area contributed by atoms with Crippen molar-refractivity contribution in [2.45, 2.75) is 44.8 Å². The zero-order valence-electron chi connectivity index (χ0n) is 11.0. The molecule has 0 aromatic carbocycles. The summed E-state index contributed by atoms with van der Waals surface area (Å²) < 4.78 is 9.87. The zero-order valence-corrected chi connectivity index (χ0v) is 11.0. The molecule has 0 aliphatic carbocycles. The SMILES string of the molecule is C=C(C(=O)OC)C(OC(C)=O)C1CCCCCN1. The third kappa shape index (κ3) is 4.14. The lowest BCUT2D eigenvalue weighted by atomic mass is 9.99. The number of hydrogen-bond acceptors (Lipinski definition) is 5. The molecule has 102 valence electrons. The monoisotopic (exact) mass is 255 g/mol. The van der Waals surface area contributed by atoms with E-state index in [9.17, 15) is 9.59 Å². The number of nitrogens with one attached hydrogen (secondary N) is 1. The molecule has 0 amide bonds. The maximum atomic E-state index is 11.5. The van der Waals surface area contributed by atoms with E-state index in [1.165, 1.54) is 14.0 Å². The molecule has 0 bridgehead atoms. The van der Waals surface area contributed by atoms with Crippen LogP contribution in [0.1, 0.15) is 32.6 Å². The lowest BCUT2D eigenvalue weighted by Gasteiger charge is -2.27. The van der Waals surface area contributed by atoms with Gasteiger partial charge in [-0.15, -0.1) is 0 Å². The van der Waals surface area contributed by atoms with Crippen molar-refractivity contribution in [3.8, 4) is 0 Å². The van der Waals surface area contributed by atoms with Gasteiger partial charge in [0.15, 0.2) is 0 Å². The first-order valence-corrected chi connectivity index (χ1v) is 6.24. The Balaban J connectivity index is 2.78. The molecule has 1 N–H and O–H groups in total. The molecular weight excluding hydrogens is 234 g/mol. The van der Waals surface area contributed by atoms with Crippen molar-refractivity contribution in [3.63, 3.8) is 0 Å². The number of methoxy groups -OCH3 is 1. The van der Waals surface area contributed by atoms with E-state index in [0.29, 0.717) is 0 Å². The van der Waals surface area contributed by atoms with Gasteiger partial charge in [-0.25, -0.2) is 4.79 Å². The predicted molar refractivity (Wildman–Crippen MR) is 67.0 cm³/mol. The van der Waals surface area contributed by atoms with E-state index < -0.39 is 18.0 Å². The Hall–Kier alpha value is -1.36. The van der Waals surface area contributed by atoms with Gasteiger partial charge in [0.05, 0.1) is 12.7 Å². The van der Waals surface area contributed by atoms with Crippen LogP contribution in [0, 0.1) is 0 Å². The molecule has 2 unspecified atom stereocenters. The fourth-order valence-corrected chi connectivity index (χ4v) is 2.14. The van der Waals surface area contributed by atoms with Gasteiger partial charge in [0.1, 0.15) is 6.10 Å². The average Bonchev–Trinajstić information content (AvgIpc) is 2.62. The number of hydrogen-bond donors (Lipinski definition) is 1. The van der Waals surface area contributed by atoms with Crippen LogP contribution in [0.3, 0.4) is 0 Å². The highest BCUT2D eigenvalue weighted by molar-refractivity contribution is 5.89. The van der Waals surface area contributed by atoms with Crippen LogP contribution in [-0.2, 0) is 19.1 Å². The molecule has 5 nitrogen and oxygen atoms in total. The highest BCUT2D eigenvalue weighted by Gasteiger charge is 2.31. The third-order valence-electron chi connectivity index (χ3n) is 3.05. The maximum Gasteiger partial charge on any atom is 0.336 e. The summed E-state index contributed by atoms with van der Waals surface area (Å²) in [5.41, 5.74) is 0.187. The normalized spacial score (nSPS) is 21.6. The highest BCUT2D eigenvalue weighted by Crippen LogP contribution is 2.19. The standard InChI is InChI=1S/C13H21NO4/c1-9(13(16)17-3)12(18-10(2)15)11-7-5-4-6-8-14-11/h11-12,14H,1,4-8H2,2-3H3. The molecule has 1 fully saturated rings. The molecule has 2 atom stereocenters. The highest BCUT2D eigenvalue weighted by atomic mass is 16.6. The average molecular weight is 255 g/mol. The number of rotatable bonds is 4. The van der Waals surface area contributed by atoms with Gasteiger partial charge < -0.3 is 14.8 Å². The lowest BCUT2D eigenvalue weighted by Crippen LogP contribution is -2.44. The molecule has 0 radical (unpaired) electrons. The first-order chi connectivity index (χ1) is 8.56. The number of ether oxygens (including phenoxy) is 2. The van der Waals surface area contributed by atoms with Gasteiger partial charge in [0, 0.05) is 13.0 Å². The van der Waals surface area contributed by atoms with Crippen LogP contribution in [0.15, 0.2) is 12.2 Å². The molecule has 1 heterocycles. The minimum Gasteiger partial charge on any atom is -0.466 e. The molecule has 0 aromatic heterocycles. The molecule has 1 saturated heterocycles. The van der Waals surface area contributed by atoms with Crippen molar-refractivity contribution in [1.29, 1.82) is 0 Å². The summed E-state index contributed by atoms with van der Waals surface area (Å²) in [5, 5.41) is 3.30. The Kier molecular flexibility index (Phi) is 5.85. The Morgan fingerprint density at radius 3 is 2.67 bits per heavy atom. The van der Waals surface area contributed by atoms with Gasteiger partial charge in [0.2, 0.25) is 0 Å². The summed E-state index contributed by atoms with van der Waals surface area (Å²) in [4.78, 5) is 22.7. The first-order valence-electron chi connectivity index (χ1n) is 6.24. The first kappa shape index (κ1) is 14.7. The van der Waals surface area contributed by atoms with Crippen LogP contribution in [0.5, 0.6) is 0 Å². The predicted octanol–water partition coefficient (Wildman–Crippen LogP) is 1.18. The molecule has 1 aliphatic heterocycles. The molecule has 1 aliphatic rings. The summed E-state index contributed by atoms with van der Waals surface area (Å²) in [5.74, 6) is -0.955. The summed E-state index contributed by atoms with van der Waals surface area (Å²) >= 11 is 0. The molecule has 0 saturated carbocycles. The molecular formula is C13H21NO4. The Morgan fingerprint density at radius 2 is 2.06 bits per heavy atom. The fourth-order valence-electron chi connectivity index (χ4n) is 2.14. The molecule has 18 heavy (non-hydrogen) atoms. The van der Waals surface area contributed by atoms with Crippen LogP contribution in [0.25, 0.3) is 0 Å². The Morgan fingerprint density at radius 1 is 1.33 bits per heavy atom. The molecule has 0 aromatic rings. The van der Waals surface area contributed by atoms with Crippen molar-refractivity contribution in [1.82, 2.24) is 5.32 Å². The minimum atomic E-state index is -0.645. The van der Waals surface area contributed by atoms with Crippen molar-refractivity contribution < 1.29 is 19.1 Å². The second kappa shape index (κ2) is 7.16. The third-order valence-corrected chi connectivity index (χ3v) is 3.05. The van der Waals surface area contributed by atoms with E-state index in [1.54, 1.807) is 0 Å². The van der Waals surface area contributed by atoms with E-state index >= 15 is 0 Å². The second-order valence-corrected chi connectivity index (χ2v) is 4.46. The van der Waals surface area contributed by atoms with E-state index in [0.717, 1.165) is 32.2 Å². The van der Waals surface area contributed by atoms with Gasteiger partial charge in [-0.05, 0) is 19.4 Å². The smallest absolute Gasteiger partial charge is 0.336 e. The van der Waals surface area contributed by atoms with Crippen molar-refractivity contribution in [3.05, 3.63) is 12.2 Å². The largest absolute Gasteiger partial charge is 0.466 e. The summed E-state index contributed by atoms with van der Waals surface area (Å²) in [6, 6.07) is -0.0667. The lowest BCUT2D eigenvalue weighted by molar-refractivity contribution is -0.148. The van der Waals surface area contributed by atoms with Crippen LogP contribution in [-0.4, -0.2) is 37.7 Å². The maximum absolute atomic E-state index is 11.5. The van der Waals surface area contributed by atoms with Crippen LogP contribution in [0.4, 0.5) is 0 Å². The van der Waals surface area contributed by atoms with Gasteiger partial charge in [-0.1, -0.05) is 19.4 Å². The van der Waals surface area contributed by atoms with Gasteiger partial charge >= 0.3 is 11.9 Å². The van der Waals surface area contributed by atoms with E-state index in [-0.39, 0.29) is 11.6 Å². The summed E-state index contributed by atoms with van der Waals surface area (Å²) in [7, 11) is 1.29. The van der Waals surface area contributed by atoms with Crippen LogP contribution < -0.4 is 5.32 Å². The van der Waals surface area contributed by atoms with Crippen molar-refractivity contribution in [2.24, 2.45) is 0 Å². The topological polar surface area (TPSA) is 64.6 Å². The van der Waals surface area contributed by atoms with E-state index in [2.05, 4.69) is 16.6 Å². The van der Waals surface area contributed by atoms with Crippen LogP contribution in [0.2, 0.25) is 0 Å². The van der Waals surface area contributed by atoms with Crippen molar-refractivity contribution in [2.75, 3.05) is 13.7 Å². The van der Waals surface area contributed by atoms with Gasteiger partial charge in [-0.2, -0.15) is 0 Å². The Bertz CT molecular complexity index is 319. The zero-order chi connectivity index (χ0) is 13.5. The second-order valence-electron chi connectivity index (χ2n) is 4.46. The Labute approximate surface area is 108 Å². The number of carbonyl (C=O) groups is 2. The quantitative estimate of drug-likeness (QED) is 0.603. The summed E-state index contributed by atoms with van der Waals surface area (Å²) in [6.07, 6.45) is 3.49.